The van der Waals surface area contributed by atoms with Gasteiger partial charge >= 0.3 is 5.97 Å². The van der Waals surface area contributed by atoms with Crippen LogP contribution in [0.2, 0.25) is 0 Å². The van der Waals surface area contributed by atoms with Crippen LogP contribution in [0.3, 0.4) is 0 Å². The van der Waals surface area contributed by atoms with Gasteiger partial charge in [0, 0.05) is 17.7 Å². The second-order valence-corrected chi connectivity index (χ2v) is 4.03. The number of nitro groups is 1. The fourth-order valence-electron chi connectivity index (χ4n) is 1.85. The molecule has 2 aromatic carbocycles. The molecule has 2 aromatic rings. The lowest BCUT2D eigenvalue weighted by Crippen LogP contribution is -1.98. The number of carbonyl (C=O) groups is 1. The summed E-state index contributed by atoms with van der Waals surface area (Å²) >= 11 is 0. The van der Waals surface area contributed by atoms with Gasteiger partial charge in [-0.2, -0.15) is 0 Å². The van der Waals surface area contributed by atoms with Gasteiger partial charge in [-0.1, -0.05) is 12.1 Å². The number of carboxylic acid groups (broad SMARTS) is 1. The summed E-state index contributed by atoms with van der Waals surface area (Å²) in [6.45, 7) is 0. The van der Waals surface area contributed by atoms with Gasteiger partial charge in [-0.3, -0.25) is 10.1 Å². The molecule has 0 saturated carbocycles. The summed E-state index contributed by atoms with van der Waals surface area (Å²) in [5.41, 5.74) is 1.25. The van der Waals surface area contributed by atoms with Crippen molar-refractivity contribution in [2.24, 2.45) is 0 Å². The highest BCUT2D eigenvalue weighted by Crippen LogP contribution is 2.32. The molecule has 2 rings (SSSR count). The summed E-state index contributed by atoms with van der Waals surface area (Å²) in [4.78, 5) is 21.2. The van der Waals surface area contributed by atoms with Crippen LogP contribution >= 0.6 is 0 Å². The number of methoxy groups -OCH3 is 1. The van der Waals surface area contributed by atoms with Gasteiger partial charge in [-0.15, -0.1) is 0 Å². The average molecular weight is 273 g/mol. The SMILES string of the molecule is COc1cc(C(=O)O)ccc1-c1cccc([N+](=O)[O-])c1. The Morgan fingerprint density at radius 1 is 1.25 bits per heavy atom. The Kier molecular flexibility index (Phi) is 3.65. The molecule has 0 aliphatic rings. The average Bonchev–Trinajstić information content (AvgIpc) is 2.46. The van der Waals surface area contributed by atoms with Crippen LogP contribution in [0, 0.1) is 10.1 Å². The standard InChI is InChI=1S/C14H11NO5/c1-20-13-8-10(14(16)17)5-6-12(13)9-3-2-4-11(7-9)15(18)19/h2-8H,1H3,(H,16,17). The van der Waals surface area contributed by atoms with Crippen molar-refractivity contribution in [3.8, 4) is 16.9 Å². The number of ether oxygens (including phenoxy) is 1. The molecule has 0 radical (unpaired) electrons. The van der Waals surface area contributed by atoms with Gasteiger partial charge in [0.15, 0.2) is 0 Å². The van der Waals surface area contributed by atoms with E-state index in [1.54, 1.807) is 18.2 Å². The first kappa shape index (κ1) is 13.5. The Labute approximate surface area is 114 Å². The Morgan fingerprint density at radius 3 is 2.60 bits per heavy atom. The highest BCUT2D eigenvalue weighted by atomic mass is 16.6. The van der Waals surface area contributed by atoms with Gasteiger partial charge in [0.05, 0.1) is 17.6 Å². The number of nitrogens with zero attached hydrogens (tertiary/aromatic N) is 1. The first-order valence-electron chi connectivity index (χ1n) is 5.69. The molecule has 0 aliphatic carbocycles. The molecule has 20 heavy (non-hydrogen) atoms. The third kappa shape index (κ3) is 2.59. The van der Waals surface area contributed by atoms with Gasteiger partial charge in [0.2, 0.25) is 0 Å². The zero-order valence-electron chi connectivity index (χ0n) is 10.6. The lowest BCUT2D eigenvalue weighted by atomic mass is 10.0. The third-order valence-corrected chi connectivity index (χ3v) is 2.82. The molecule has 0 saturated heterocycles. The van der Waals surface area contributed by atoms with Crippen molar-refractivity contribution >= 4 is 11.7 Å². The number of rotatable bonds is 4. The van der Waals surface area contributed by atoms with Crippen LogP contribution in [0.5, 0.6) is 5.75 Å². The normalized spacial score (nSPS) is 10.1. The smallest absolute Gasteiger partial charge is 0.335 e. The molecule has 0 unspecified atom stereocenters. The van der Waals surface area contributed by atoms with E-state index in [-0.39, 0.29) is 11.3 Å². The number of hydrogen-bond acceptors (Lipinski definition) is 4. The largest absolute Gasteiger partial charge is 0.496 e. The van der Waals surface area contributed by atoms with Crippen molar-refractivity contribution in [2.45, 2.75) is 0 Å². The van der Waals surface area contributed by atoms with Crippen LogP contribution in [0.25, 0.3) is 11.1 Å². The monoisotopic (exact) mass is 273 g/mol. The molecule has 0 spiro atoms. The minimum atomic E-state index is -1.06. The van der Waals surface area contributed by atoms with Crippen molar-refractivity contribution in [1.29, 1.82) is 0 Å². The maximum absolute atomic E-state index is 10.9. The second-order valence-electron chi connectivity index (χ2n) is 4.03. The van der Waals surface area contributed by atoms with Gasteiger partial charge < -0.3 is 9.84 Å². The van der Waals surface area contributed by atoms with E-state index < -0.39 is 10.9 Å². The molecule has 0 aromatic heterocycles. The van der Waals surface area contributed by atoms with E-state index in [2.05, 4.69) is 0 Å². The Bertz CT molecular complexity index is 681. The quantitative estimate of drug-likeness (QED) is 0.683. The maximum Gasteiger partial charge on any atom is 0.335 e. The van der Waals surface area contributed by atoms with Crippen molar-refractivity contribution < 1.29 is 19.6 Å². The molecule has 6 heteroatoms. The van der Waals surface area contributed by atoms with Crippen LogP contribution in [0.1, 0.15) is 10.4 Å². The van der Waals surface area contributed by atoms with Crippen LogP contribution in [0.4, 0.5) is 5.69 Å². The molecule has 0 fully saturated rings. The number of non-ortho nitro benzene ring substituents is 1. The molecule has 0 heterocycles. The van der Waals surface area contributed by atoms with Gasteiger partial charge in [-0.25, -0.2) is 4.79 Å². The predicted octanol–water partition coefficient (Wildman–Crippen LogP) is 2.97. The minimum absolute atomic E-state index is 0.0353. The Morgan fingerprint density at radius 2 is 2.00 bits per heavy atom. The van der Waals surface area contributed by atoms with E-state index in [1.807, 2.05) is 0 Å². The molecule has 1 N–H and O–H groups in total. The first-order valence-corrected chi connectivity index (χ1v) is 5.69. The third-order valence-electron chi connectivity index (χ3n) is 2.82. The molecular weight excluding hydrogens is 262 g/mol. The van der Waals surface area contributed by atoms with Crippen LogP contribution in [-0.4, -0.2) is 23.1 Å². The molecular formula is C14H11NO5. The first-order chi connectivity index (χ1) is 9.52. The van der Waals surface area contributed by atoms with Gasteiger partial charge in [0.25, 0.3) is 5.69 Å². The molecule has 0 atom stereocenters. The number of carboxylic acids is 1. The number of benzene rings is 2. The number of hydrogen-bond donors (Lipinski definition) is 1. The van der Waals surface area contributed by atoms with Crippen LogP contribution in [-0.2, 0) is 0 Å². The topological polar surface area (TPSA) is 89.7 Å². The van der Waals surface area contributed by atoms with Crippen molar-refractivity contribution in [1.82, 2.24) is 0 Å². The fourth-order valence-corrected chi connectivity index (χ4v) is 1.85. The van der Waals surface area contributed by atoms with E-state index in [9.17, 15) is 14.9 Å². The lowest BCUT2D eigenvalue weighted by Gasteiger charge is -2.09. The highest BCUT2D eigenvalue weighted by Gasteiger charge is 2.13. The summed E-state index contributed by atoms with van der Waals surface area (Å²) in [5.74, 6) is -0.709. The maximum atomic E-state index is 10.9. The van der Waals surface area contributed by atoms with E-state index >= 15 is 0 Å². The molecule has 102 valence electrons. The second kappa shape index (κ2) is 5.40. The molecule has 0 bridgehead atoms. The van der Waals surface area contributed by atoms with Crippen molar-refractivity contribution in [2.75, 3.05) is 7.11 Å². The number of aromatic carboxylic acids is 1. The van der Waals surface area contributed by atoms with Crippen molar-refractivity contribution in [3.63, 3.8) is 0 Å². The number of nitro benzene ring substituents is 1. The van der Waals surface area contributed by atoms with E-state index in [4.69, 9.17) is 9.84 Å². The molecule has 0 aliphatic heterocycles. The predicted molar refractivity (Wildman–Crippen MR) is 72.0 cm³/mol. The zero-order valence-corrected chi connectivity index (χ0v) is 10.6. The minimum Gasteiger partial charge on any atom is -0.496 e. The van der Waals surface area contributed by atoms with Crippen LogP contribution < -0.4 is 4.74 Å². The van der Waals surface area contributed by atoms with Gasteiger partial charge in [-0.05, 0) is 23.8 Å². The van der Waals surface area contributed by atoms with E-state index in [0.717, 1.165) is 0 Å². The highest BCUT2D eigenvalue weighted by molar-refractivity contribution is 5.89. The van der Waals surface area contributed by atoms with E-state index in [1.165, 1.54) is 31.4 Å². The zero-order chi connectivity index (χ0) is 14.7. The summed E-state index contributed by atoms with van der Waals surface area (Å²) in [6, 6.07) is 10.5. The van der Waals surface area contributed by atoms with Crippen LogP contribution in [0.15, 0.2) is 42.5 Å². The van der Waals surface area contributed by atoms with Crippen molar-refractivity contribution in [3.05, 3.63) is 58.1 Å². The molecule has 0 amide bonds. The summed E-state index contributed by atoms with van der Waals surface area (Å²) in [5, 5.41) is 19.7. The fraction of sp³-hybridized carbons (Fsp3) is 0.0714. The lowest BCUT2D eigenvalue weighted by molar-refractivity contribution is -0.384. The summed E-state index contributed by atoms with van der Waals surface area (Å²) in [6.07, 6.45) is 0. The van der Waals surface area contributed by atoms with Gasteiger partial charge in [0.1, 0.15) is 5.75 Å². The Balaban J connectivity index is 2.54. The Hall–Kier alpha value is -2.89. The van der Waals surface area contributed by atoms with E-state index in [0.29, 0.717) is 16.9 Å². The summed E-state index contributed by atoms with van der Waals surface area (Å²) in [7, 11) is 1.42. The molecule has 6 nitrogen and oxygen atoms in total. The summed E-state index contributed by atoms with van der Waals surface area (Å²) < 4.78 is 5.16.